The van der Waals surface area contributed by atoms with Crippen LogP contribution in [0, 0.1) is 57.7 Å². The van der Waals surface area contributed by atoms with Crippen molar-refractivity contribution in [2.24, 2.45) is 45.8 Å². The van der Waals surface area contributed by atoms with E-state index in [2.05, 4.69) is 80.3 Å². The Hall–Kier alpha value is -0.303. The van der Waals surface area contributed by atoms with Gasteiger partial charge in [0.25, 0.3) is 0 Å². The molecule has 218 valence electrons. The first-order chi connectivity index (χ1) is 17.4. The number of fused-ring (bicyclic) bond motifs is 5. The lowest BCUT2D eigenvalue weighted by atomic mass is 9.38. The Kier molecular flexibility index (Phi) is 8.23. The predicted octanol–water partition coefficient (Wildman–Crippen LogP) is 9.62. The van der Waals surface area contributed by atoms with E-state index in [4.69, 9.17) is 4.43 Å². The van der Waals surface area contributed by atoms with Gasteiger partial charge in [0.2, 0.25) is 0 Å². The first kappa shape index (κ1) is 30.7. The molecular weight excluding hydrogens is 480 g/mol. The van der Waals surface area contributed by atoms with Crippen molar-refractivity contribution < 1.29 is 9.53 Å². The molecule has 0 spiro atoms. The predicted molar refractivity (Wildman–Crippen MR) is 164 cm³/mol. The van der Waals surface area contributed by atoms with E-state index in [-0.39, 0.29) is 21.8 Å². The van der Waals surface area contributed by atoms with E-state index in [0.29, 0.717) is 23.4 Å². The quantitative estimate of drug-likeness (QED) is 0.213. The van der Waals surface area contributed by atoms with Crippen molar-refractivity contribution in [1.29, 1.82) is 0 Å². The molecule has 0 aromatic rings. The molecule has 10 atom stereocenters. The minimum absolute atomic E-state index is 0.154. The van der Waals surface area contributed by atoms with E-state index in [9.17, 15) is 5.11 Å². The molecule has 0 bridgehead atoms. The maximum absolute atomic E-state index is 11.8. The molecular formula is C35H62O2Si. The van der Waals surface area contributed by atoms with Crippen LogP contribution in [-0.2, 0) is 4.43 Å². The molecule has 0 aliphatic heterocycles. The second-order valence-electron chi connectivity index (χ2n) is 17.0. The monoisotopic (exact) mass is 542 g/mol. The van der Waals surface area contributed by atoms with Crippen molar-refractivity contribution in [3.63, 3.8) is 0 Å². The van der Waals surface area contributed by atoms with Gasteiger partial charge in [-0.25, -0.2) is 0 Å². The van der Waals surface area contributed by atoms with Gasteiger partial charge in [-0.3, -0.25) is 0 Å². The second kappa shape index (κ2) is 10.2. The van der Waals surface area contributed by atoms with Gasteiger partial charge in [-0.1, -0.05) is 74.2 Å². The van der Waals surface area contributed by atoms with Crippen molar-refractivity contribution in [1.82, 2.24) is 0 Å². The summed E-state index contributed by atoms with van der Waals surface area (Å²) in [4.78, 5) is 0. The van der Waals surface area contributed by atoms with E-state index in [1.54, 1.807) is 0 Å². The van der Waals surface area contributed by atoms with Crippen LogP contribution in [0.15, 0.2) is 0 Å². The van der Waals surface area contributed by atoms with Crippen LogP contribution in [0.1, 0.15) is 133 Å². The average Bonchev–Trinajstić information content (AvgIpc) is 3.16. The minimum Gasteiger partial charge on any atom is -0.414 e. The lowest BCUT2D eigenvalue weighted by Gasteiger charge is -2.68. The third kappa shape index (κ3) is 5.00. The Morgan fingerprint density at radius 2 is 1.55 bits per heavy atom. The molecule has 4 rings (SSSR count). The van der Waals surface area contributed by atoms with E-state index >= 15 is 0 Å². The number of unbranched alkanes of at least 4 members (excludes halogenated alkanes) is 2. The molecule has 0 heterocycles. The highest BCUT2D eigenvalue weighted by Gasteiger charge is 2.68. The van der Waals surface area contributed by atoms with Crippen LogP contribution < -0.4 is 0 Å². The molecule has 3 heteroatoms. The van der Waals surface area contributed by atoms with Crippen LogP contribution in [0.2, 0.25) is 18.1 Å². The van der Waals surface area contributed by atoms with Gasteiger partial charge >= 0.3 is 0 Å². The lowest BCUT2D eigenvalue weighted by Crippen LogP contribution is -2.64. The molecule has 4 aliphatic rings. The Morgan fingerprint density at radius 3 is 2.18 bits per heavy atom. The van der Waals surface area contributed by atoms with Crippen LogP contribution in [0.5, 0.6) is 0 Å². The summed E-state index contributed by atoms with van der Waals surface area (Å²) in [6.45, 7) is 26.8. The molecule has 1 N–H and O–H groups in total. The molecule has 38 heavy (non-hydrogen) atoms. The number of rotatable bonds is 5. The molecule has 0 radical (unpaired) electrons. The largest absolute Gasteiger partial charge is 0.414 e. The minimum atomic E-state index is -1.89. The third-order valence-electron chi connectivity index (χ3n) is 13.4. The van der Waals surface area contributed by atoms with Gasteiger partial charge in [0, 0.05) is 18.4 Å². The summed E-state index contributed by atoms with van der Waals surface area (Å²) in [5.41, 5.74) is -0.0967. The standard InChI is InChI=1S/C35H62O2Si/c1-12-13-14-15-20-35(9,36)30-17-16-28-33(30,7)22-19-29-32(6)21-18-25(2)23-26(32)27(24-34(28,29)8)37-38(10,11)31(3,4)5/h25-30,36H,12-14,16-19,21-24H2,1-11H3/t25-,26+,27-,28+,29+,30-,32-,33-,34-,35-/m0/s1. The fraction of sp³-hybridized carbons (Fsp3) is 0.943. The molecule has 0 aromatic carbocycles. The number of hydrogen-bond acceptors (Lipinski definition) is 2. The van der Waals surface area contributed by atoms with Crippen molar-refractivity contribution >= 4 is 8.32 Å². The maximum atomic E-state index is 11.8. The topological polar surface area (TPSA) is 29.5 Å². The van der Waals surface area contributed by atoms with Crippen molar-refractivity contribution in [2.75, 3.05) is 0 Å². The number of aliphatic hydroxyl groups is 1. The molecule has 4 fully saturated rings. The van der Waals surface area contributed by atoms with Gasteiger partial charge in [-0.15, -0.1) is 5.92 Å². The van der Waals surface area contributed by atoms with Gasteiger partial charge in [0.15, 0.2) is 8.32 Å². The highest BCUT2D eigenvalue weighted by Crippen LogP contribution is 2.73. The molecule has 0 amide bonds. The Bertz CT molecular complexity index is 920. The van der Waals surface area contributed by atoms with Crippen LogP contribution in [0.25, 0.3) is 0 Å². The van der Waals surface area contributed by atoms with Crippen molar-refractivity contribution in [3.05, 3.63) is 0 Å². The zero-order chi connectivity index (χ0) is 28.4. The van der Waals surface area contributed by atoms with Gasteiger partial charge < -0.3 is 9.53 Å². The van der Waals surface area contributed by atoms with E-state index in [1.165, 1.54) is 44.9 Å². The summed E-state index contributed by atoms with van der Waals surface area (Å²) in [6, 6.07) is 0. The normalized spacial score (nSPS) is 44.7. The molecule has 2 nitrogen and oxygen atoms in total. The number of hydrogen-bond donors (Lipinski definition) is 1. The van der Waals surface area contributed by atoms with E-state index in [0.717, 1.165) is 37.5 Å². The molecule has 0 saturated heterocycles. The van der Waals surface area contributed by atoms with Crippen LogP contribution in [-0.4, -0.2) is 25.1 Å². The molecule has 0 aromatic heterocycles. The average molecular weight is 543 g/mol. The van der Waals surface area contributed by atoms with Crippen LogP contribution >= 0.6 is 0 Å². The van der Waals surface area contributed by atoms with Gasteiger partial charge in [-0.2, -0.15) is 0 Å². The van der Waals surface area contributed by atoms with Crippen molar-refractivity contribution in [3.8, 4) is 11.8 Å². The smallest absolute Gasteiger partial charge is 0.192 e. The Balaban J connectivity index is 1.70. The summed E-state index contributed by atoms with van der Waals surface area (Å²) in [5.74, 6) is 9.92. The molecule has 0 unspecified atom stereocenters. The Labute approximate surface area is 238 Å². The summed E-state index contributed by atoms with van der Waals surface area (Å²) in [6.07, 6.45) is 13.8. The summed E-state index contributed by atoms with van der Waals surface area (Å²) in [5, 5.41) is 12.0. The van der Waals surface area contributed by atoms with E-state index < -0.39 is 13.9 Å². The highest BCUT2D eigenvalue weighted by molar-refractivity contribution is 6.74. The van der Waals surface area contributed by atoms with Gasteiger partial charge in [0.1, 0.15) is 5.60 Å². The third-order valence-corrected chi connectivity index (χ3v) is 17.9. The van der Waals surface area contributed by atoms with E-state index in [1.807, 2.05) is 6.92 Å². The lowest BCUT2D eigenvalue weighted by molar-refractivity contribution is -0.208. The maximum Gasteiger partial charge on any atom is 0.192 e. The highest BCUT2D eigenvalue weighted by atomic mass is 28.4. The Morgan fingerprint density at radius 1 is 0.921 bits per heavy atom. The van der Waals surface area contributed by atoms with Crippen molar-refractivity contribution in [2.45, 2.75) is 163 Å². The fourth-order valence-corrected chi connectivity index (χ4v) is 11.8. The molecule has 4 aliphatic carbocycles. The zero-order valence-electron chi connectivity index (χ0n) is 27.1. The van der Waals surface area contributed by atoms with Crippen LogP contribution in [0.4, 0.5) is 0 Å². The van der Waals surface area contributed by atoms with Gasteiger partial charge in [0.05, 0.1) is 0 Å². The first-order valence-electron chi connectivity index (χ1n) is 16.3. The van der Waals surface area contributed by atoms with Gasteiger partial charge in [-0.05, 0) is 116 Å². The fourth-order valence-electron chi connectivity index (χ4n) is 10.4. The van der Waals surface area contributed by atoms with Crippen LogP contribution in [0.3, 0.4) is 0 Å². The first-order valence-corrected chi connectivity index (χ1v) is 19.2. The summed E-state index contributed by atoms with van der Waals surface area (Å²) in [7, 11) is -1.89. The second-order valence-corrected chi connectivity index (χ2v) is 21.7. The molecule has 4 saturated carbocycles. The zero-order valence-corrected chi connectivity index (χ0v) is 28.1. The summed E-state index contributed by atoms with van der Waals surface area (Å²) < 4.78 is 7.46. The summed E-state index contributed by atoms with van der Waals surface area (Å²) >= 11 is 0. The SMILES string of the molecule is CCCCC#C[C@](C)(O)[C@H]1CC[C@H]2[C@]3(C)C[C@H](O[Si](C)(C)C(C)(C)C)[C@H]4C[C@@H](C)CC[C@]4(C)[C@H]3CC[C@@]21C.